The van der Waals surface area contributed by atoms with Crippen molar-refractivity contribution in [2.75, 3.05) is 20.2 Å². The Morgan fingerprint density at radius 1 is 1.30 bits per heavy atom. The topological polar surface area (TPSA) is 66.8 Å². The Morgan fingerprint density at radius 2 is 1.96 bits per heavy atom. The minimum Gasteiger partial charge on any atom is -0.494 e. The zero-order valence-electron chi connectivity index (χ0n) is 11.9. The van der Waals surface area contributed by atoms with Crippen LogP contribution in [0.1, 0.15) is 10.4 Å². The lowest BCUT2D eigenvalue weighted by Crippen LogP contribution is -2.34. The van der Waals surface area contributed by atoms with Gasteiger partial charge < -0.3 is 14.7 Å². The summed E-state index contributed by atoms with van der Waals surface area (Å²) in [5.41, 5.74) is -0.0739. The molecule has 1 amide bonds. The Labute approximate surface area is 128 Å². The van der Waals surface area contributed by atoms with Gasteiger partial charge in [-0.1, -0.05) is 0 Å². The lowest BCUT2D eigenvalue weighted by molar-refractivity contribution is -0.187. The fraction of sp³-hybridized carbons (Fsp3) is 0.429. The summed E-state index contributed by atoms with van der Waals surface area (Å²) in [6.45, 7) is -1.31. The van der Waals surface area contributed by atoms with Gasteiger partial charge in [0.1, 0.15) is 0 Å². The summed E-state index contributed by atoms with van der Waals surface area (Å²) in [6.07, 6.45) is -4.72. The number of hydrogen-bond acceptors (Lipinski definition) is 3. The summed E-state index contributed by atoms with van der Waals surface area (Å²) in [7, 11) is 1.18. The van der Waals surface area contributed by atoms with Crippen molar-refractivity contribution >= 4 is 11.9 Å². The second-order valence-corrected chi connectivity index (χ2v) is 5.15. The van der Waals surface area contributed by atoms with Crippen LogP contribution in [0.2, 0.25) is 0 Å². The molecule has 2 rings (SSSR count). The van der Waals surface area contributed by atoms with Gasteiger partial charge in [0, 0.05) is 18.7 Å². The highest BCUT2D eigenvalue weighted by molar-refractivity contribution is 5.95. The molecule has 0 bridgehead atoms. The lowest BCUT2D eigenvalue weighted by atomic mass is 9.96. The third-order valence-corrected chi connectivity index (χ3v) is 3.74. The smallest absolute Gasteiger partial charge is 0.394 e. The number of carbonyl (C=O) groups is 2. The van der Waals surface area contributed by atoms with E-state index < -0.39 is 48.8 Å². The van der Waals surface area contributed by atoms with Crippen molar-refractivity contribution in [3.05, 3.63) is 29.6 Å². The molecule has 1 saturated heterocycles. The van der Waals surface area contributed by atoms with E-state index in [9.17, 15) is 27.2 Å². The molecule has 0 unspecified atom stereocenters. The quantitative estimate of drug-likeness (QED) is 0.860. The van der Waals surface area contributed by atoms with Crippen LogP contribution in [0.3, 0.4) is 0 Å². The van der Waals surface area contributed by atoms with E-state index in [4.69, 9.17) is 9.84 Å². The number of likely N-dealkylation sites (tertiary alicyclic amines) is 1. The number of carboxylic acids is 1. The maximum absolute atomic E-state index is 13.3. The molecule has 2 atom stereocenters. The van der Waals surface area contributed by atoms with Crippen LogP contribution in [0.5, 0.6) is 5.75 Å². The van der Waals surface area contributed by atoms with Crippen LogP contribution in [0.25, 0.3) is 0 Å². The number of rotatable bonds is 3. The van der Waals surface area contributed by atoms with Gasteiger partial charge in [0.15, 0.2) is 11.6 Å². The molecule has 1 aliphatic rings. The van der Waals surface area contributed by atoms with Gasteiger partial charge in [0.05, 0.1) is 18.9 Å². The molecule has 1 aliphatic heterocycles. The van der Waals surface area contributed by atoms with E-state index in [0.29, 0.717) is 0 Å². The van der Waals surface area contributed by atoms with E-state index in [2.05, 4.69) is 0 Å². The maximum atomic E-state index is 13.3. The van der Waals surface area contributed by atoms with Gasteiger partial charge in [-0.15, -0.1) is 0 Å². The van der Waals surface area contributed by atoms with Gasteiger partial charge >= 0.3 is 12.1 Å². The average Bonchev–Trinajstić information content (AvgIpc) is 2.92. The van der Waals surface area contributed by atoms with Crippen molar-refractivity contribution in [1.82, 2.24) is 4.90 Å². The maximum Gasteiger partial charge on any atom is 0.394 e. The third-order valence-electron chi connectivity index (χ3n) is 3.74. The van der Waals surface area contributed by atoms with Crippen molar-refractivity contribution < 1.29 is 37.0 Å². The van der Waals surface area contributed by atoms with Gasteiger partial charge in [-0.25, -0.2) is 4.39 Å². The first-order valence-corrected chi connectivity index (χ1v) is 6.57. The minimum atomic E-state index is -4.72. The SMILES string of the molecule is COc1cc(C(=O)N2C[C@@H](C(F)(F)F)[C@H](C(=O)O)C2)ccc1F. The number of carboxylic acid groups (broad SMARTS) is 1. The molecule has 1 heterocycles. The molecular formula is C14H13F4NO4. The van der Waals surface area contributed by atoms with Gasteiger partial charge in [0.25, 0.3) is 5.91 Å². The van der Waals surface area contributed by atoms with Gasteiger partial charge in [-0.05, 0) is 18.2 Å². The number of hydrogen-bond donors (Lipinski definition) is 1. The van der Waals surface area contributed by atoms with Gasteiger partial charge in [-0.3, -0.25) is 9.59 Å². The van der Waals surface area contributed by atoms with Crippen molar-refractivity contribution in [2.45, 2.75) is 6.18 Å². The number of nitrogens with zero attached hydrogens (tertiary/aromatic N) is 1. The molecule has 5 nitrogen and oxygen atoms in total. The third kappa shape index (κ3) is 3.38. The first-order chi connectivity index (χ1) is 10.6. The molecule has 0 aliphatic carbocycles. The first kappa shape index (κ1) is 17.0. The summed E-state index contributed by atoms with van der Waals surface area (Å²) >= 11 is 0. The first-order valence-electron chi connectivity index (χ1n) is 6.57. The molecule has 23 heavy (non-hydrogen) atoms. The summed E-state index contributed by atoms with van der Waals surface area (Å²) < 4.78 is 56.8. The van der Waals surface area contributed by atoms with Gasteiger partial charge in [0.2, 0.25) is 0 Å². The Balaban J connectivity index is 2.25. The highest BCUT2D eigenvalue weighted by Crippen LogP contribution is 2.38. The predicted molar refractivity (Wildman–Crippen MR) is 69.5 cm³/mol. The lowest BCUT2D eigenvalue weighted by Gasteiger charge is -2.18. The number of methoxy groups -OCH3 is 1. The molecule has 0 aromatic heterocycles. The van der Waals surface area contributed by atoms with Crippen molar-refractivity contribution in [1.29, 1.82) is 0 Å². The molecule has 1 aromatic carbocycles. The van der Waals surface area contributed by atoms with E-state index in [0.717, 1.165) is 23.1 Å². The van der Waals surface area contributed by atoms with Crippen LogP contribution >= 0.6 is 0 Å². The Morgan fingerprint density at radius 3 is 2.43 bits per heavy atom. The molecule has 9 heteroatoms. The largest absolute Gasteiger partial charge is 0.494 e. The number of carbonyl (C=O) groups excluding carboxylic acids is 1. The van der Waals surface area contributed by atoms with E-state index in [1.165, 1.54) is 7.11 Å². The molecule has 126 valence electrons. The number of halogens is 4. The summed E-state index contributed by atoms with van der Waals surface area (Å²) in [5, 5.41) is 8.93. The molecule has 1 fully saturated rings. The van der Waals surface area contributed by atoms with Crippen LogP contribution in [-0.2, 0) is 4.79 Å². The fourth-order valence-electron chi connectivity index (χ4n) is 2.53. The standard InChI is InChI=1S/C14H13F4NO4/c1-23-11-4-7(2-3-10(11)15)12(20)19-5-8(13(21)22)9(6-19)14(16,17)18/h2-4,8-9H,5-6H2,1H3,(H,21,22)/t8-,9-/m1/s1. The van der Waals surface area contributed by atoms with Crippen molar-refractivity contribution in [3.8, 4) is 5.75 Å². The normalized spacial score (nSPS) is 21.3. The monoisotopic (exact) mass is 335 g/mol. The van der Waals surface area contributed by atoms with Crippen LogP contribution in [-0.4, -0.2) is 48.3 Å². The molecule has 0 spiro atoms. The fourth-order valence-corrected chi connectivity index (χ4v) is 2.53. The number of aliphatic carboxylic acids is 1. The number of ether oxygens (including phenoxy) is 1. The summed E-state index contributed by atoms with van der Waals surface area (Å²) in [6, 6.07) is 3.13. The highest BCUT2D eigenvalue weighted by atomic mass is 19.4. The van der Waals surface area contributed by atoms with Crippen LogP contribution in [0.4, 0.5) is 17.6 Å². The molecule has 0 saturated carbocycles. The van der Waals surface area contributed by atoms with Crippen LogP contribution in [0.15, 0.2) is 18.2 Å². The molecule has 1 aromatic rings. The molecular weight excluding hydrogens is 322 g/mol. The van der Waals surface area contributed by atoms with E-state index in [1.807, 2.05) is 0 Å². The molecule has 0 radical (unpaired) electrons. The summed E-state index contributed by atoms with van der Waals surface area (Å²) in [4.78, 5) is 24.1. The predicted octanol–water partition coefficient (Wildman–Crippen LogP) is 2.17. The average molecular weight is 335 g/mol. The zero-order valence-corrected chi connectivity index (χ0v) is 11.9. The van der Waals surface area contributed by atoms with E-state index >= 15 is 0 Å². The Hall–Kier alpha value is -2.32. The van der Waals surface area contributed by atoms with E-state index in [-0.39, 0.29) is 11.3 Å². The highest BCUT2D eigenvalue weighted by Gasteiger charge is 2.53. The van der Waals surface area contributed by atoms with Crippen molar-refractivity contribution in [2.24, 2.45) is 11.8 Å². The summed E-state index contributed by atoms with van der Waals surface area (Å²) in [5.74, 6) is -7.22. The number of alkyl halides is 3. The Kier molecular flexibility index (Phi) is 4.49. The second-order valence-electron chi connectivity index (χ2n) is 5.15. The van der Waals surface area contributed by atoms with Gasteiger partial charge in [-0.2, -0.15) is 13.2 Å². The number of benzene rings is 1. The van der Waals surface area contributed by atoms with Crippen LogP contribution in [0, 0.1) is 17.7 Å². The van der Waals surface area contributed by atoms with Crippen molar-refractivity contribution in [3.63, 3.8) is 0 Å². The van der Waals surface area contributed by atoms with E-state index in [1.54, 1.807) is 0 Å². The molecule has 1 N–H and O–H groups in total. The number of amides is 1. The second kappa shape index (κ2) is 6.05. The Bertz CT molecular complexity index is 632. The minimum absolute atomic E-state index is 0.0739. The van der Waals surface area contributed by atoms with Crippen LogP contribution < -0.4 is 4.74 Å². The zero-order chi connectivity index (χ0) is 17.4.